The number of piperazine rings is 1. The third-order valence-corrected chi connectivity index (χ3v) is 7.03. The van der Waals surface area contributed by atoms with E-state index in [1.54, 1.807) is 24.4 Å². The number of halogens is 1. The predicted molar refractivity (Wildman–Crippen MR) is 150 cm³/mol. The maximum absolute atomic E-state index is 13.4. The molecule has 39 heavy (non-hydrogen) atoms. The van der Waals surface area contributed by atoms with E-state index >= 15 is 0 Å². The first-order valence-corrected chi connectivity index (χ1v) is 13.1. The molecular weight excluding hydrogens is 520 g/mol. The number of ether oxygens (including phenoxy) is 1. The number of imidazole rings is 1. The van der Waals surface area contributed by atoms with Gasteiger partial charge >= 0.3 is 6.09 Å². The molecule has 3 aromatic rings. The Kier molecular flexibility index (Phi) is 7.83. The number of nitrogens with zero attached hydrogens (tertiary/aromatic N) is 3. The van der Waals surface area contributed by atoms with Gasteiger partial charge in [-0.2, -0.15) is 0 Å². The summed E-state index contributed by atoms with van der Waals surface area (Å²) in [4.78, 5) is 49.7. The van der Waals surface area contributed by atoms with E-state index in [0.717, 1.165) is 5.69 Å². The van der Waals surface area contributed by atoms with Crippen molar-refractivity contribution in [2.24, 2.45) is 0 Å². The number of fused-ring (bicyclic) bond motifs is 4. The van der Waals surface area contributed by atoms with E-state index in [1.807, 2.05) is 46.2 Å². The molecule has 3 heterocycles. The number of amides is 3. The second-order valence-electron chi connectivity index (χ2n) is 9.36. The Balaban J connectivity index is 1.43. The molecule has 11 heteroatoms. The lowest BCUT2D eigenvalue weighted by molar-refractivity contribution is -0.133. The van der Waals surface area contributed by atoms with Crippen molar-refractivity contribution in [1.29, 1.82) is 0 Å². The van der Waals surface area contributed by atoms with Crippen LogP contribution in [0.5, 0.6) is 0 Å². The predicted octanol–water partition coefficient (Wildman–Crippen LogP) is 4.98. The van der Waals surface area contributed by atoms with Gasteiger partial charge in [-0.05, 0) is 49.2 Å². The van der Waals surface area contributed by atoms with Gasteiger partial charge in [0.05, 0.1) is 37.3 Å². The van der Waals surface area contributed by atoms with Crippen molar-refractivity contribution in [2.45, 2.75) is 25.3 Å². The minimum absolute atomic E-state index is 0.00216. The van der Waals surface area contributed by atoms with E-state index in [2.05, 4.69) is 25.3 Å². The molecule has 0 aliphatic carbocycles. The summed E-state index contributed by atoms with van der Waals surface area (Å²) >= 11 is 6.17. The Bertz CT molecular complexity index is 1420. The smallest absolute Gasteiger partial charge is 0.411 e. The highest BCUT2D eigenvalue weighted by Gasteiger charge is 2.32. The van der Waals surface area contributed by atoms with Crippen LogP contribution in [0.2, 0.25) is 5.02 Å². The summed E-state index contributed by atoms with van der Waals surface area (Å²) in [7, 11) is 1.28. The molecule has 0 radical (unpaired) electrons. The lowest BCUT2D eigenvalue weighted by Crippen LogP contribution is -2.51. The molecule has 1 atom stereocenters. The van der Waals surface area contributed by atoms with Crippen LogP contribution in [0.1, 0.15) is 31.1 Å². The molecule has 5 rings (SSSR count). The molecule has 202 valence electrons. The number of hydrogen-bond acceptors (Lipinski definition) is 6. The van der Waals surface area contributed by atoms with Crippen molar-refractivity contribution in [3.63, 3.8) is 0 Å². The zero-order valence-corrected chi connectivity index (χ0v) is 22.2. The largest absolute Gasteiger partial charge is 0.453 e. The summed E-state index contributed by atoms with van der Waals surface area (Å²) in [6.45, 7) is 1.43. The molecule has 2 aliphatic heterocycles. The molecule has 2 aromatic carbocycles. The van der Waals surface area contributed by atoms with E-state index in [-0.39, 0.29) is 24.4 Å². The molecular formula is C28H29ClN6O4. The van der Waals surface area contributed by atoms with Crippen LogP contribution in [0.4, 0.5) is 21.9 Å². The molecule has 2 bridgehead atoms. The quantitative estimate of drug-likeness (QED) is 0.397. The number of methoxy groups -OCH3 is 1. The number of aromatic amines is 1. The number of carbonyl (C=O) groups is 3. The van der Waals surface area contributed by atoms with Crippen molar-refractivity contribution in [1.82, 2.24) is 14.9 Å². The number of rotatable bonds is 3. The van der Waals surface area contributed by atoms with E-state index in [0.29, 0.717) is 65.8 Å². The molecule has 3 amide bonds. The normalized spacial score (nSPS) is 17.8. The maximum atomic E-state index is 13.4. The number of H-pyrrole nitrogens is 1. The Hall–Kier alpha value is -4.31. The standard InChI is InChI=1S/C28H29ClN6O4/c1-39-28(38)31-19-10-11-21-22(15-19)32-25(36)9-4-2-3-8-24(27-30-16-23(21)33-27)35-13-12-34(17-26(35)37)20-7-5-6-18(29)14-20/h2-3,5-7,10-11,14-16,24H,4,8-9,12-13,17H2,1H3,(H,30,33)(H,31,38)(H,32,36). The molecule has 2 aliphatic rings. The molecule has 0 saturated carbocycles. The van der Waals surface area contributed by atoms with Gasteiger partial charge in [-0.3, -0.25) is 14.9 Å². The zero-order chi connectivity index (χ0) is 27.4. The molecule has 1 fully saturated rings. The van der Waals surface area contributed by atoms with Gasteiger partial charge in [-0.15, -0.1) is 0 Å². The minimum Gasteiger partial charge on any atom is -0.453 e. The van der Waals surface area contributed by atoms with Crippen LogP contribution in [-0.4, -0.2) is 59.5 Å². The van der Waals surface area contributed by atoms with Crippen LogP contribution in [0.15, 0.2) is 60.8 Å². The monoisotopic (exact) mass is 548 g/mol. The van der Waals surface area contributed by atoms with Crippen LogP contribution in [0.3, 0.4) is 0 Å². The maximum Gasteiger partial charge on any atom is 0.411 e. The van der Waals surface area contributed by atoms with Gasteiger partial charge in [-0.1, -0.05) is 29.8 Å². The van der Waals surface area contributed by atoms with Crippen molar-refractivity contribution < 1.29 is 19.1 Å². The van der Waals surface area contributed by atoms with Crippen molar-refractivity contribution >= 4 is 46.6 Å². The molecule has 1 unspecified atom stereocenters. The molecule has 1 aromatic heterocycles. The van der Waals surface area contributed by atoms with Gasteiger partial charge in [0.25, 0.3) is 0 Å². The number of carbonyl (C=O) groups excluding carboxylic acids is 3. The Morgan fingerprint density at radius 3 is 2.82 bits per heavy atom. The third-order valence-electron chi connectivity index (χ3n) is 6.80. The second kappa shape index (κ2) is 11.6. The first-order chi connectivity index (χ1) is 18.9. The number of nitrogens with one attached hydrogen (secondary N) is 3. The minimum atomic E-state index is -0.608. The van der Waals surface area contributed by atoms with Gasteiger partial charge in [0.1, 0.15) is 5.82 Å². The molecule has 10 nitrogen and oxygen atoms in total. The first-order valence-electron chi connectivity index (χ1n) is 12.7. The van der Waals surface area contributed by atoms with Crippen LogP contribution >= 0.6 is 11.6 Å². The highest BCUT2D eigenvalue weighted by molar-refractivity contribution is 6.30. The van der Waals surface area contributed by atoms with Crippen molar-refractivity contribution in [3.05, 3.63) is 71.7 Å². The van der Waals surface area contributed by atoms with Crippen molar-refractivity contribution in [2.75, 3.05) is 42.3 Å². The third kappa shape index (κ3) is 6.06. The van der Waals surface area contributed by atoms with Gasteiger partial charge < -0.3 is 24.8 Å². The van der Waals surface area contributed by atoms with Gasteiger partial charge in [0, 0.05) is 41.5 Å². The van der Waals surface area contributed by atoms with Gasteiger partial charge in [-0.25, -0.2) is 9.78 Å². The summed E-state index contributed by atoms with van der Waals surface area (Å²) in [5, 5.41) is 6.20. The lowest BCUT2D eigenvalue weighted by atomic mass is 10.1. The first kappa shape index (κ1) is 26.3. The van der Waals surface area contributed by atoms with Crippen LogP contribution < -0.4 is 15.5 Å². The zero-order valence-electron chi connectivity index (χ0n) is 21.4. The Labute approximate surface area is 231 Å². The van der Waals surface area contributed by atoms with E-state index in [4.69, 9.17) is 11.6 Å². The molecule has 1 saturated heterocycles. The number of allylic oxidation sites excluding steroid dienone is 1. The number of hydrogen-bond donors (Lipinski definition) is 3. The van der Waals surface area contributed by atoms with Crippen LogP contribution in [-0.2, 0) is 14.3 Å². The number of anilines is 3. The SMILES string of the molecule is COC(=O)Nc1ccc2c(c1)NC(=O)CCC=CCC(N1CCN(c3cccc(Cl)c3)CC1=O)c1ncc-2[nH]1. The van der Waals surface area contributed by atoms with E-state index in [9.17, 15) is 14.4 Å². The Morgan fingerprint density at radius 1 is 1.15 bits per heavy atom. The topological polar surface area (TPSA) is 120 Å². The van der Waals surface area contributed by atoms with Gasteiger partial charge in [0.2, 0.25) is 11.8 Å². The highest BCUT2D eigenvalue weighted by Crippen LogP contribution is 2.33. The summed E-state index contributed by atoms with van der Waals surface area (Å²) in [5.41, 5.74) is 3.31. The lowest BCUT2D eigenvalue weighted by Gasteiger charge is -2.39. The summed E-state index contributed by atoms with van der Waals surface area (Å²) in [6, 6.07) is 12.4. The van der Waals surface area contributed by atoms with Crippen LogP contribution in [0, 0.1) is 0 Å². The number of aromatic nitrogens is 2. The molecule has 3 N–H and O–H groups in total. The average molecular weight is 549 g/mol. The Morgan fingerprint density at radius 2 is 2.03 bits per heavy atom. The molecule has 0 spiro atoms. The summed E-state index contributed by atoms with van der Waals surface area (Å²) in [5.74, 6) is 0.504. The fourth-order valence-corrected chi connectivity index (χ4v) is 5.02. The second-order valence-corrected chi connectivity index (χ2v) is 9.79. The van der Waals surface area contributed by atoms with Gasteiger partial charge in [0.15, 0.2) is 0 Å². The fraction of sp³-hybridized carbons (Fsp3) is 0.286. The van der Waals surface area contributed by atoms with Crippen molar-refractivity contribution in [3.8, 4) is 11.3 Å². The van der Waals surface area contributed by atoms with E-state index in [1.165, 1.54) is 7.11 Å². The van der Waals surface area contributed by atoms with Crippen LogP contribution in [0.25, 0.3) is 11.3 Å². The summed E-state index contributed by atoms with van der Waals surface area (Å²) < 4.78 is 4.68. The summed E-state index contributed by atoms with van der Waals surface area (Å²) in [6.07, 6.45) is 6.45. The highest BCUT2D eigenvalue weighted by atomic mass is 35.5. The fourth-order valence-electron chi connectivity index (χ4n) is 4.84. The average Bonchev–Trinajstić information content (AvgIpc) is 3.40. The number of benzene rings is 2. The van der Waals surface area contributed by atoms with E-state index < -0.39 is 6.09 Å².